The molecule has 0 radical (unpaired) electrons. The number of carbonyl (C=O) groups is 2. The van der Waals surface area contributed by atoms with E-state index in [0.29, 0.717) is 24.0 Å². The van der Waals surface area contributed by atoms with Gasteiger partial charge in [-0.05, 0) is 36.1 Å². The second-order valence-electron chi connectivity index (χ2n) is 3.91. The molecule has 0 bridgehead atoms. The van der Waals surface area contributed by atoms with Gasteiger partial charge >= 0.3 is 11.9 Å². The summed E-state index contributed by atoms with van der Waals surface area (Å²) in [6.07, 6.45) is 0.697. The number of fused-ring (bicyclic) bond motifs is 2. The molecule has 0 fully saturated rings. The summed E-state index contributed by atoms with van der Waals surface area (Å²) in [4.78, 5) is 22.5. The van der Waals surface area contributed by atoms with Crippen LogP contribution in [0.4, 0.5) is 0 Å². The number of carbonyl (C=O) groups excluding carboxylic acids is 2. The zero-order valence-corrected chi connectivity index (χ0v) is 7.82. The number of ether oxygens (including phenoxy) is 1. The van der Waals surface area contributed by atoms with Crippen LogP contribution < -0.4 is 0 Å². The van der Waals surface area contributed by atoms with Gasteiger partial charge in [0.15, 0.2) is 0 Å². The van der Waals surface area contributed by atoms with E-state index in [1.807, 2.05) is 0 Å². The molecule has 4 nitrogen and oxygen atoms in total. The van der Waals surface area contributed by atoms with E-state index in [2.05, 4.69) is 4.74 Å². The molecule has 0 aromatic heterocycles. The molecule has 1 N–H and O–H groups in total. The van der Waals surface area contributed by atoms with Gasteiger partial charge in [0.2, 0.25) is 0 Å². The van der Waals surface area contributed by atoms with Crippen LogP contribution in [0.5, 0.6) is 0 Å². The molecule has 1 heterocycles. The molecule has 0 atom stereocenters. The standard InChI is InChI=1S/C11H8O4/c12-7-1-5-3-8-9(4-6(5)2-7)11(14)15-10(8)13/h3-4,7,12H,1-2H2. The molecule has 0 spiro atoms. The highest BCUT2D eigenvalue weighted by Gasteiger charge is 2.32. The van der Waals surface area contributed by atoms with Gasteiger partial charge in [0.05, 0.1) is 17.2 Å². The molecule has 0 saturated carbocycles. The van der Waals surface area contributed by atoms with E-state index in [1.165, 1.54) is 0 Å². The lowest BCUT2D eigenvalue weighted by Gasteiger charge is -1.99. The first-order valence-electron chi connectivity index (χ1n) is 4.75. The molecule has 15 heavy (non-hydrogen) atoms. The van der Waals surface area contributed by atoms with E-state index >= 15 is 0 Å². The minimum atomic E-state index is -0.584. The van der Waals surface area contributed by atoms with Gasteiger partial charge in [-0.3, -0.25) is 0 Å². The van der Waals surface area contributed by atoms with Gasteiger partial charge in [-0.25, -0.2) is 9.59 Å². The summed E-state index contributed by atoms with van der Waals surface area (Å²) in [5.41, 5.74) is 2.53. The Morgan fingerprint density at radius 1 is 1.07 bits per heavy atom. The summed E-state index contributed by atoms with van der Waals surface area (Å²) in [7, 11) is 0. The molecule has 0 amide bonds. The fourth-order valence-corrected chi connectivity index (χ4v) is 2.18. The lowest BCUT2D eigenvalue weighted by atomic mass is 10.0. The minimum absolute atomic E-state index is 0.327. The third-order valence-corrected chi connectivity index (χ3v) is 2.88. The van der Waals surface area contributed by atoms with E-state index in [9.17, 15) is 14.7 Å². The fraction of sp³-hybridized carbons (Fsp3) is 0.273. The van der Waals surface area contributed by atoms with E-state index in [0.717, 1.165) is 11.1 Å². The largest absolute Gasteiger partial charge is 0.392 e. The third kappa shape index (κ3) is 1.11. The number of esters is 2. The van der Waals surface area contributed by atoms with Crippen molar-refractivity contribution >= 4 is 11.9 Å². The van der Waals surface area contributed by atoms with Crippen LogP contribution in [0.25, 0.3) is 0 Å². The van der Waals surface area contributed by atoms with Gasteiger partial charge in [0, 0.05) is 0 Å². The Labute approximate surface area is 85.5 Å². The molecule has 1 aliphatic carbocycles. The Morgan fingerprint density at radius 2 is 1.53 bits per heavy atom. The third-order valence-electron chi connectivity index (χ3n) is 2.88. The van der Waals surface area contributed by atoms with Crippen LogP contribution in [0.2, 0.25) is 0 Å². The van der Waals surface area contributed by atoms with Crippen LogP contribution in [-0.4, -0.2) is 23.1 Å². The lowest BCUT2D eigenvalue weighted by Crippen LogP contribution is -2.03. The predicted molar refractivity (Wildman–Crippen MR) is 49.6 cm³/mol. The first kappa shape index (κ1) is 8.61. The molecule has 0 saturated heterocycles. The monoisotopic (exact) mass is 204 g/mol. The number of aliphatic hydroxyl groups is 1. The smallest absolute Gasteiger partial charge is 0.346 e. The average molecular weight is 204 g/mol. The maximum atomic E-state index is 11.3. The van der Waals surface area contributed by atoms with Gasteiger partial charge in [-0.2, -0.15) is 0 Å². The van der Waals surface area contributed by atoms with Gasteiger partial charge in [-0.1, -0.05) is 0 Å². The normalized spacial score (nSPS) is 19.0. The summed E-state index contributed by atoms with van der Waals surface area (Å²) in [5, 5.41) is 9.45. The van der Waals surface area contributed by atoms with Crippen LogP contribution in [0.3, 0.4) is 0 Å². The topological polar surface area (TPSA) is 63.6 Å². The van der Waals surface area contributed by atoms with Gasteiger partial charge < -0.3 is 9.84 Å². The van der Waals surface area contributed by atoms with Crippen molar-refractivity contribution in [3.63, 3.8) is 0 Å². The second kappa shape index (κ2) is 2.67. The Morgan fingerprint density at radius 3 is 2.00 bits per heavy atom. The Kier molecular flexibility index (Phi) is 1.53. The quantitative estimate of drug-likeness (QED) is 0.492. The highest BCUT2D eigenvalue weighted by Crippen LogP contribution is 2.29. The van der Waals surface area contributed by atoms with E-state index in [4.69, 9.17) is 0 Å². The van der Waals surface area contributed by atoms with Crippen molar-refractivity contribution in [3.8, 4) is 0 Å². The highest BCUT2D eigenvalue weighted by molar-refractivity contribution is 6.14. The van der Waals surface area contributed by atoms with Crippen LogP contribution in [0.15, 0.2) is 12.1 Å². The van der Waals surface area contributed by atoms with Crippen molar-refractivity contribution in [2.75, 3.05) is 0 Å². The number of cyclic esters (lactones) is 2. The van der Waals surface area contributed by atoms with Crippen LogP contribution in [0.1, 0.15) is 31.8 Å². The number of hydrogen-bond acceptors (Lipinski definition) is 4. The fourth-order valence-electron chi connectivity index (χ4n) is 2.18. The van der Waals surface area contributed by atoms with Gasteiger partial charge in [0.25, 0.3) is 0 Å². The SMILES string of the molecule is O=C1OC(=O)c2cc3c(cc21)CC(O)C3. The van der Waals surface area contributed by atoms with Crippen molar-refractivity contribution in [3.05, 3.63) is 34.4 Å². The molecule has 2 aliphatic rings. The number of aliphatic hydroxyl groups excluding tert-OH is 1. The molecular formula is C11H8O4. The number of rotatable bonds is 0. The van der Waals surface area contributed by atoms with Crippen molar-refractivity contribution < 1.29 is 19.4 Å². The van der Waals surface area contributed by atoms with E-state index < -0.39 is 18.0 Å². The van der Waals surface area contributed by atoms with Crippen molar-refractivity contribution in [1.29, 1.82) is 0 Å². The van der Waals surface area contributed by atoms with Crippen LogP contribution in [0, 0.1) is 0 Å². The maximum Gasteiger partial charge on any atom is 0.346 e. The van der Waals surface area contributed by atoms with E-state index in [1.54, 1.807) is 12.1 Å². The number of benzene rings is 1. The zero-order valence-electron chi connectivity index (χ0n) is 7.82. The first-order chi connectivity index (χ1) is 7.15. The highest BCUT2D eigenvalue weighted by atomic mass is 16.6. The molecule has 3 rings (SSSR count). The van der Waals surface area contributed by atoms with Crippen molar-refractivity contribution in [1.82, 2.24) is 0 Å². The van der Waals surface area contributed by atoms with Crippen LogP contribution >= 0.6 is 0 Å². The summed E-state index contributed by atoms with van der Waals surface area (Å²) < 4.78 is 4.50. The summed E-state index contributed by atoms with van der Waals surface area (Å²) in [6.45, 7) is 0. The molecule has 1 aliphatic heterocycles. The van der Waals surface area contributed by atoms with Crippen LogP contribution in [-0.2, 0) is 17.6 Å². The summed E-state index contributed by atoms with van der Waals surface area (Å²) in [5.74, 6) is -1.17. The lowest BCUT2D eigenvalue weighted by molar-refractivity contribution is 0.0443. The molecular weight excluding hydrogens is 196 g/mol. The maximum absolute atomic E-state index is 11.3. The van der Waals surface area contributed by atoms with Gasteiger partial charge in [-0.15, -0.1) is 0 Å². The average Bonchev–Trinajstić information content (AvgIpc) is 2.65. The van der Waals surface area contributed by atoms with Crippen molar-refractivity contribution in [2.24, 2.45) is 0 Å². The Hall–Kier alpha value is -1.68. The second-order valence-corrected chi connectivity index (χ2v) is 3.91. The summed E-state index contributed by atoms with van der Waals surface area (Å²) >= 11 is 0. The first-order valence-corrected chi connectivity index (χ1v) is 4.75. The molecule has 1 aromatic carbocycles. The Balaban J connectivity index is 2.19. The molecule has 1 aromatic rings. The van der Waals surface area contributed by atoms with Crippen molar-refractivity contribution in [2.45, 2.75) is 18.9 Å². The molecule has 76 valence electrons. The zero-order chi connectivity index (χ0) is 10.6. The minimum Gasteiger partial charge on any atom is -0.392 e. The number of hydrogen-bond donors (Lipinski definition) is 1. The summed E-state index contributed by atoms with van der Waals surface area (Å²) in [6, 6.07) is 3.32. The molecule has 4 heteroatoms. The van der Waals surface area contributed by atoms with E-state index in [-0.39, 0.29) is 0 Å². The molecule has 0 unspecified atom stereocenters. The van der Waals surface area contributed by atoms with Gasteiger partial charge in [0.1, 0.15) is 0 Å². The predicted octanol–water partition coefficient (Wildman–Crippen LogP) is 0.457. The Bertz CT molecular complexity index is 447.